The number of thiazole rings is 1. The number of amides is 1. The van der Waals surface area contributed by atoms with E-state index in [1.807, 2.05) is 25.9 Å². The molecule has 0 N–H and O–H groups in total. The van der Waals surface area contributed by atoms with Crippen LogP contribution in [0.5, 0.6) is 0 Å². The summed E-state index contributed by atoms with van der Waals surface area (Å²) in [5, 5.41) is 0.654. The van der Waals surface area contributed by atoms with Crippen LogP contribution >= 0.6 is 23.7 Å². The van der Waals surface area contributed by atoms with Crippen LogP contribution in [0, 0.1) is 13.8 Å². The number of halogens is 1. The van der Waals surface area contributed by atoms with Crippen LogP contribution in [-0.4, -0.2) is 68.8 Å². The number of carbonyl (C=O) groups excluding carboxylic acids is 1. The SMILES string of the molecule is Cc1cc(C)c2nc(N(CCN(C)C)C(=O)c3ccc(S(=O)(=O)N4CCCCCC4)cc3)sc2c1.Cl. The Labute approximate surface area is 224 Å². The highest BCUT2D eigenvalue weighted by Crippen LogP contribution is 2.32. The number of sulfonamides is 1. The number of hydrogen-bond donors (Lipinski definition) is 0. The summed E-state index contributed by atoms with van der Waals surface area (Å²) < 4.78 is 28.9. The van der Waals surface area contributed by atoms with Crippen molar-refractivity contribution in [2.45, 2.75) is 44.4 Å². The molecule has 2 aromatic carbocycles. The van der Waals surface area contributed by atoms with Crippen LogP contribution in [-0.2, 0) is 10.0 Å². The molecule has 2 heterocycles. The molecule has 0 atom stereocenters. The van der Waals surface area contributed by atoms with Gasteiger partial charge >= 0.3 is 0 Å². The third-order valence-electron chi connectivity index (χ3n) is 6.37. The zero-order chi connectivity index (χ0) is 25.2. The van der Waals surface area contributed by atoms with Crippen molar-refractivity contribution in [1.82, 2.24) is 14.2 Å². The highest BCUT2D eigenvalue weighted by molar-refractivity contribution is 7.89. The first-order chi connectivity index (χ1) is 16.7. The topological polar surface area (TPSA) is 73.8 Å². The summed E-state index contributed by atoms with van der Waals surface area (Å²) in [4.78, 5) is 22.4. The van der Waals surface area contributed by atoms with Crippen LogP contribution in [0.2, 0.25) is 0 Å². The molecule has 1 saturated heterocycles. The molecule has 1 aromatic heterocycles. The number of nitrogens with zero attached hydrogens (tertiary/aromatic N) is 4. The van der Waals surface area contributed by atoms with E-state index in [0.717, 1.165) is 47.0 Å². The molecule has 0 unspecified atom stereocenters. The Balaban J connectivity index is 0.00000361. The molecule has 3 aromatic rings. The largest absolute Gasteiger partial charge is 0.308 e. The van der Waals surface area contributed by atoms with Crippen LogP contribution < -0.4 is 4.90 Å². The van der Waals surface area contributed by atoms with Gasteiger partial charge in [0.2, 0.25) is 10.0 Å². The lowest BCUT2D eigenvalue weighted by Gasteiger charge is -2.22. The van der Waals surface area contributed by atoms with Gasteiger partial charge in [0.15, 0.2) is 5.13 Å². The molecular formula is C26H35ClN4O3S2. The molecule has 0 spiro atoms. The lowest BCUT2D eigenvalue weighted by Crippen LogP contribution is -2.36. The lowest BCUT2D eigenvalue weighted by molar-refractivity contribution is 0.0985. The van der Waals surface area contributed by atoms with E-state index in [4.69, 9.17) is 4.98 Å². The number of carbonyl (C=O) groups is 1. The molecule has 0 bridgehead atoms. The molecule has 196 valence electrons. The molecule has 1 aliphatic rings. The molecule has 1 fully saturated rings. The number of fused-ring (bicyclic) bond motifs is 1. The zero-order valence-corrected chi connectivity index (χ0v) is 23.8. The first-order valence-corrected chi connectivity index (χ1v) is 14.4. The van der Waals surface area contributed by atoms with Crippen molar-refractivity contribution >= 4 is 55.0 Å². The van der Waals surface area contributed by atoms with Gasteiger partial charge in [-0.25, -0.2) is 13.4 Å². The van der Waals surface area contributed by atoms with E-state index >= 15 is 0 Å². The molecular weight excluding hydrogens is 516 g/mol. The summed E-state index contributed by atoms with van der Waals surface area (Å²) >= 11 is 1.51. The second-order valence-electron chi connectivity index (χ2n) is 9.53. The molecule has 36 heavy (non-hydrogen) atoms. The average Bonchev–Trinajstić information content (AvgIpc) is 3.04. The predicted octanol–water partition coefficient (Wildman–Crippen LogP) is 5.11. The Morgan fingerprint density at radius 1 is 1.00 bits per heavy atom. The molecule has 0 aliphatic carbocycles. The normalized spacial score (nSPS) is 15.0. The summed E-state index contributed by atoms with van der Waals surface area (Å²) in [6.45, 7) is 6.37. The third-order valence-corrected chi connectivity index (χ3v) is 9.31. The maximum atomic E-state index is 13.6. The highest BCUT2D eigenvalue weighted by atomic mass is 35.5. The average molecular weight is 551 g/mol. The van der Waals surface area contributed by atoms with E-state index in [1.54, 1.807) is 33.5 Å². The van der Waals surface area contributed by atoms with Crippen LogP contribution in [0.25, 0.3) is 10.2 Å². The van der Waals surface area contributed by atoms with Crippen molar-refractivity contribution in [2.24, 2.45) is 0 Å². The predicted molar refractivity (Wildman–Crippen MR) is 150 cm³/mol. The minimum atomic E-state index is -3.56. The number of anilines is 1. The molecule has 0 radical (unpaired) electrons. The number of aryl methyl sites for hydroxylation is 2. The molecule has 0 saturated carbocycles. The van der Waals surface area contributed by atoms with Gasteiger partial charge in [0.25, 0.3) is 5.91 Å². The minimum Gasteiger partial charge on any atom is -0.308 e. The van der Waals surface area contributed by atoms with Crippen LogP contribution in [0.4, 0.5) is 5.13 Å². The first kappa shape index (κ1) is 28.5. The number of aromatic nitrogens is 1. The van der Waals surface area contributed by atoms with Crippen molar-refractivity contribution in [2.75, 3.05) is 45.2 Å². The zero-order valence-electron chi connectivity index (χ0n) is 21.4. The Bertz CT molecular complexity index is 1300. The van der Waals surface area contributed by atoms with Crippen molar-refractivity contribution in [3.8, 4) is 0 Å². The van der Waals surface area contributed by atoms with Gasteiger partial charge in [-0.1, -0.05) is 30.2 Å². The summed E-state index contributed by atoms with van der Waals surface area (Å²) in [5.74, 6) is -0.181. The second-order valence-corrected chi connectivity index (χ2v) is 12.5. The molecule has 10 heteroatoms. The minimum absolute atomic E-state index is 0. The van der Waals surface area contributed by atoms with Gasteiger partial charge in [-0.05, 0) is 82.2 Å². The Kier molecular flexibility index (Phi) is 9.51. The van der Waals surface area contributed by atoms with E-state index < -0.39 is 10.0 Å². The lowest BCUT2D eigenvalue weighted by atomic mass is 10.1. The number of likely N-dealkylation sites (N-methyl/N-ethyl adjacent to an activating group) is 1. The maximum Gasteiger partial charge on any atom is 0.260 e. The van der Waals surface area contributed by atoms with Crippen molar-refractivity contribution < 1.29 is 13.2 Å². The van der Waals surface area contributed by atoms with Gasteiger partial charge in [-0.2, -0.15) is 4.31 Å². The standard InChI is InChI=1S/C26H34N4O3S2.ClH/c1-19-17-20(2)24-23(18-19)34-26(27-24)30(16-15-28(3)4)25(31)21-9-11-22(12-10-21)35(32,33)29-13-7-5-6-8-14-29;/h9-12,17-18H,5-8,13-16H2,1-4H3;1H. The fourth-order valence-electron chi connectivity index (χ4n) is 4.41. The Hall–Kier alpha value is -2.04. The van der Waals surface area contributed by atoms with Crippen molar-refractivity contribution in [1.29, 1.82) is 0 Å². The van der Waals surface area contributed by atoms with Gasteiger partial charge in [0.1, 0.15) is 0 Å². The fraction of sp³-hybridized carbons (Fsp3) is 0.462. The molecule has 7 nitrogen and oxygen atoms in total. The third kappa shape index (κ3) is 6.26. The van der Waals surface area contributed by atoms with E-state index in [-0.39, 0.29) is 23.2 Å². The van der Waals surface area contributed by atoms with Gasteiger partial charge < -0.3 is 4.90 Å². The Morgan fingerprint density at radius 2 is 1.64 bits per heavy atom. The van der Waals surface area contributed by atoms with Crippen molar-refractivity contribution in [3.05, 3.63) is 53.1 Å². The van der Waals surface area contributed by atoms with Gasteiger partial charge in [-0.15, -0.1) is 12.4 Å². The van der Waals surface area contributed by atoms with Crippen molar-refractivity contribution in [3.63, 3.8) is 0 Å². The van der Waals surface area contributed by atoms with E-state index in [1.165, 1.54) is 11.3 Å². The number of hydrogen-bond acceptors (Lipinski definition) is 6. The summed E-state index contributed by atoms with van der Waals surface area (Å²) in [6.07, 6.45) is 3.90. The summed E-state index contributed by atoms with van der Waals surface area (Å²) in [6, 6.07) is 10.6. The van der Waals surface area contributed by atoms with E-state index in [9.17, 15) is 13.2 Å². The molecule has 1 amide bonds. The van der Waals surface area contributed by atoms with Gasteiger partial charge in [0.05, 0.1) is 15.1 Å². The Morgan fingerprint density at radius 3 is 2.25 bits per heavy atom. The van der Waals surface area contributed by atoms with Gasteiger partial charge in [0, 0.05) is 31.7 Å². The van der Waals surface area contributed by atoms with Crippen LogP contribution in [0.15, 0.2) is 41.3 Å². The number of benzene rings is 2. The quantitative estimate of drug-likeness (QED) is 0.409. The fourth-order valence-corrected chi connectivity index (χ4v) is 7.10. The summed E-state index contributed by atoms with van der Waals surface area (Å²) in [7, 11) is 0.382. The smallest absolute Gasteiger partial charge is 0.260 e. The second kappa shape index (κ2) is 12.0. The van der Waals surface area contributed by atoms with Crippen LogP contribution in [0.1, 0.15) is 47.2 Å². The number of rotatable bonds is 7. The molecule has 1 aliphatic heterocycles. The highest BCUT2D eigenvalue weighted by Gasteiger charge is 2.26. The van der Waals surface area contributed by atoms with E-state index in [0.29, 0.717) is 36.9 Å². The summed E-state index contributed by atoms with van der Waals surface area (Å²) in [5.41, 5.74) is 3.62. The van der Waals surface area contributed by atoms with Gasteiger partial charge in [-0.3, -0.25) is 9.69 Å². The van der Waals surface area contributed by atoms with E-state index in [2.05, 4.69) is 19.1 Å². The maximum absolute atomic E-state index is 13.6. The monoisotopic (exact) mass is 550 g/mol. The molecule has 4 rings (SSSR count). The van der Waals surface area contributed by atoms with Crippen LogP contribution in [0.3, 0.4) is 0 Å². The first-order valence-electron chi connectivity index (χ1n) is 12.1.